The van der Waals surface area contributed by atoms with Crippen molar-refractivity contribution >= 4 is 48.1 Å². The summed E-state index contributed by atoms with van der Waals surface area (Å²) >= 11 is 4.46. The number of nitrogens with one attached hydrogen (secondary N) is 1. The van der Waals surface area contributed by atoms with Crippen LogP contribution < -0.4 is 10.5 Å². The SMILES string of the molecule is CCc1nnc(NS(=O)(=O)c2cc(Br)cc(N)c2C)s1. The molecule has 2 rings (SSSR count). The summed E-state index contributed by atoms with van der Waals surface area (Å²) in [6, 6.07) is 3.17. The Morgan fingerprint density at radius 2 is 2.10 bits per heavy atom. The Morgan fingerprint density at radius 1 is 1.40 bits per heavy atom. The van der Waals surface area contributed by atoms with Gasteiger partial charge >= 0.3 is 0 Å². The van der Waals surface area contributed by atoms with Crippen LogP contribution in [-0.2, 0) is 16.4 Å². The van der Waals surface area contributed by atoms with E-state index >= 15 is 0 Å². The van der Waals surface area contributed by atoms with Gasteiger partial charge in [0.2, 0.25) is 5.13 Å². The van der Waals surface area contributed by atoms with Gasteiger partial charge in [-0.1, -0.05) is 34.2 Å². The lowest BCUT2D eigenvalue weighted by molar-refractivity contribution is 0.600. The molecule has 3 N–H and O–H groups in total. The Labute approximate surface area is 129 Å². The summed E-state index contributed by atoms with van der Waals surface area (Å²) in [6.07, 6.45) is 0.711. The van der Waals surface area contributed by atoms with Gasteiger partial charge in [0, 0.05) is 10.2 Å². The first-order valence-electron chi connectivity index (χ1n) is 5.74. The highest BCUT2D eigenvalue weighted by Gasteiger charge is 2.21. The zero-order valence-electron chi connectivity index (χ0n) is 10.8. The number of hydrogen-bond acceptors (Lipinski definition) is 6. The molecule has 0 atom stereocenters. The van der Waals surface area contributed by atoms with E-state index in [0.29, 0.717) is 22.1 Å². The number of hydrogen-bond donors (Lipinski definition) is 2. The van der Waals surface area contributed by atoms with Crippen LogP contribution in [0.3, 0.4) is 0 Å². The molecule has 0 bridgehead atoms. The lowest BCUT2D eigenvalue weighted by Gasteiger charge is -2.10. The van der Waals surface area contributed by atoms with E-state index in [2.05, 4.69) is 30.8 Å². The van der Waals surface area contributed by atoms with Crippen molar-refractivity contribution in [2.75, 3.05) is 10.5 Å². The van der Waals surface area contributed by atoms with Crippen molar-refractivity contribution in [1.29, 1.82) is 0 Å². The van der Waals surface area contributed by atoms with Crippen molar-refractivity contribution in [3.8, 4) is 0 Å². The zero-order valence-corrected chi connectivity index (χ0v) is 14.1. The van der Waals surface area contributed by atoms with Crippen LogP contribution in [0.15, 0.2) is 21.5 Å². The van der Waals surface area contributed by atoms with Gasteiger partial charge in [-0.15, -0.1) is 10.2 Å². The van der Waals surface area contributed by atoms with Crippen LogP contribution in [0.2, 0.25) is 0 Å². The summed E-state index contributed by atoms with van der Waals surface area (Å²) < 4.78 is 27.8. The second-order valence-electron chi connectivity index (χ2n) is 4.08. The van der Waals surface area contributed by atoms with Gasteiger partial charge in [0.15, 0.2) is 0 Å². The van der Waals surface area contributed by atoms with Gasteiger partial charge in [-0.2, -0.15) is 0 Å². The van der Waals surface area contributed by atoms with E-state index in [1.807, 2.05) is 6.92 Å². The van der Waals surface area contributed by atoms with Crippen molar-refractivity contribution in [2.45, 2.75) is 25.2 Å². The van der Waals surface area contributed by atoms with Gasteiger partial charge in [0.05, 0.1) is 4.90 Å². The molecule has 1 aromatic carbocycles. The molecule has 0 radical (unpaired) electrons. The Kier molecular flexibility index (Phi) is 4.31. The van der Waals surface area contributed by atoms with E-state index in [9.17, 15) is 8.42 Å². The summed E-state index contributed by atoms with van der Waals surface area (Å²) in [5.41, 5.74) is 6.70. The van der Waals surface area contributed by atoms with E-state index in [4.69, 9.17) is 5.73 Å². The average molecular weight is 377 g/mol. The number of rotatable bonds is 4. The average Bonchev–Trinajstić information content (AvgIpc) is 2.80. The maximum Gasteiger partial charge on any atom is 0.264 e. The van der Waals surface area contributed by atoms with Crippen LogP contribution >= 0.6 is 27.3 Å². The fourth-order valence-corrected chi connectivity index (χ4v) is 4.40. The highest BCUT2D eigenvalue weighted by atomic mass is 79.9. The molecule has 6 nitrogen and oxygen atoms in total. The van der Waals surface area contributed by atoms with Gasteiger partial charge < -0.3 is 5.73 Å². The van der Waals surface area contributed by atoms with Gasteiger partial charge in [-0.25, -0.2) is 8.42 Å². The minimum Gasteiger partial charge on any atom is -0.398 e. The molecule has 0 aliphatic heterocycles. The van der Waals surface area contributed by atoms with Crippen LogP contribution in [0.5, 0.6) is 0 Å². The number of aryl methyl sites for hydroxylation is 1. The fourth-order valence-electron chi connectivity index (χ4n) is 1.56. The third-order valence-electron chi connectivity index (χ3n) is 2.65. The van der Waals surface area contributed by atoms with Crippen molar-refractivity contribution in [3.63, 3.8) is 0 Å². The molecular formula is C11H13BrN4O2S2. The van der Waals surface area contributed by atoms with E-state index in [-0.39, 0.29) is 10.0 Å². The molecule has 20 heavy (non-hydrogen) atoms. The first-order valence-corrected chi connectivity index (χ1v) is 8.83. The molecule has 2 aromatic rings. The molecule has 9 heteroatoms. The number of nitrogens with zero attached hydrogens (tertiary/aromatic N) is 2. The van der Waals surface area contributed by atoms with Crippen molar-refractivity contribution < 1.29 is 8.42 Å². The summed E-state index contributed by atoms with van der Waals surface area (Å²) in [7, 11) is -3.74. The largest absolute Gasteiger partial charge is 0.398 e. The Hall–Kier alpha value is -1.19. The minimum absolute atomic E-state index is 0.123. The van der Waals surface area contributed by atoms with Gasteiger partial charge in [-0.3, -0.25) is 4.72 Å². The number of nitrogens with two attached hydrogens (primary N) is 1. The zero-order chi connectivity index (χ0) is 14.9. The number of benzene rings is 1. The maximum absolute atomic E-state index is 12.4. The number of nitrogen functional groups attached to an aromatic ring is 1. The quantitative estimate of drug-likeness (QED) is 0.798. The van der Waals surface area contributed by atoms with Crippen molar-refractivity contribution in [3.05, 3.63) is 27.2 Å². The van der Waals surface area contributed by atoms with E-state index in [1.165, 1.54) is 17.4 Å². The lowest BCUT2D eigenvalue weighted by Crippen LogP contribution is -2.15. The fraction of sp³-hybridized carbons (Fsp3) is 0.273. The second-order valence-corrected chi connectivity index (χ2v) is 7.71. The second kappa shape index (κ2) is 5.66. The normalized spacial score (nSPS) is 11.6. The summed E-state index contributed by atoms with van der Waals surface area (Å²) in [5.74, 6) is 0. The number of sulfonamides is 1. The molecule has 0 fully saturated rings. The number of anilines is 2. The molecule has 0 aliphatic carbocycles. The highest BCUT2D eigenvalue weighted by Crippen LogP contribution is 2.28. The summed E-state index contributed by atoms with van der Waals surface area (Å²) in [4.78, 5) is 0.123. The Morgan fingerprint density at radius 3 is 2.70 bits per heavy atom. The summed E-state index contributed by atoms with van der Waals surface area (Å²) in [5, 5.41) is 8.71. The van der Waals surface area contributed by atoms with Crippen LogP contribution in [0.4, 0.5) is 10.8 Å². The first-order chi connectivity index (χ1) is 9.33. The molecule has 0 saturated heterocycles. The van der Waals surface area contributed by atoms with Crippen LogP contribution in [0.1, 0.15) is 17.5 Å². The van der Waals surface area contributed by atoms with Gasteiger partial charge in [0.1, 0.15) is 5.01 Å². The van der Waals surface area contributed by atoms with E-state index in [1.54, 1.807) is 13.0 Å². The third kappa shape index (κ3) is 3.10. The van der Waals surface area contributed by atoms with Gasteiger partial charge in [-0.05, 0) is 31.0 Å². The Balaban J connectivity index is 2.40. The molecular weight excluding hydrogens is 364 g/mol. The van der Waals surface area contributed by atoms with Crippen molar-refractivity contribution in [2.24, 2.45) is 0 Å². The smallest absolute Gasteiger partial charge is 0.264 e. The standard InChI is InChI=1S/C11H13BrN4O2S2/c1-3-10-14-15-11(19-10)16-20(17,18)9-5-7(12)4-8(13)6(9)2/h4-5H,3,13H2,1-2H3,(H,15,16). The van der Waals surface area contributed by atoms with E-state index < -0.39 is 10.0 Å². The predicted molar refractivity (Wildman–Crippen MR) is 83.4 cm³/mol. The Bertz CT molecular complexity index is 743. The number of halogens is 1. The monoisotopic (exact) mass is 376 g/mol. The predicted octanol–water partition coefficient (Wildman–Crippen LogP) is 2.55. The molecule has 1 aromatic heterocycles. The topological polar surface area (TPSA) is 98.0 Å². The highest BCUT2D eigenvalue weighted by molar-refractivity contribution is 9.10. The lowest BCUT2D eigenvalue weighted by atomic mass is 10.2. The molecule has 0 saturated carbocycles. The van der Waals surface area contributed by atoms with Crippen LogP contribution in [0, 0.1) is 6.92 Å². The first kappa shape index (κ1) is 15.2. The van der Waals surface area contributed by atoms with Crippen molar-refractivity contribution in [1.82, 2.24) is 10.2 Å². The molecule has 0 amide bonds. The molecule has 0 spiro atoms. The van der Waals surface area contributed by atoms with E-state index in [0.717, 1.165) is 5.01 Å². The molecule has 0 aliphatic rings. The van der Waals surface area contributed by atoms with Gasteiger partial charge in [0.25, 0.3) is 10.0 Å². The number of aromatic nitrogens is 2. The minimum atomic E-state index is -3.74. The molecule has 0 unspecified atom stereocenters. The third-order valence-corrected chi connectivity index (χ3v) is 5.68. The molecule has 108 valence electrons. The summed E-state index contributed by atoms with van der Waals surface area (Å²) in [6.45, 7) is 3.59. The van der Waals surface area contributed by atoms with Crippen LogP contribution in [-0.4, -0.2) is 18.6 Å². The molecule has 1 heterocycles. The van der Waals surface area contributed by atoms with Crippen LogP contribution in [0.25, 0.3) is 0 Å². The maximum atomic E-state index is 12.4.